The van der Waals surface area contributed by atoms with Crippen LogP contribution in [-0.4, -0.2) is 6.79 Å². The van der Waals surface area contributed by atoms with Gasteiger partial charge < -0.3 is 9.47 Å². The SMILES string of the molecule is C1=CCC=C2OCOC2=C1.CC. The van der Waals surface area contributed by atoms with Crippen LogP contribution in [0.15, 0.2) is 35.8 Å². The van der Waals surface area contributed by atoms with Crippen LogP contribution in [-0.2, 0) is 9.47 Å². The van der Waals surface area contributed by atoms with Crippen LogP contribution >= 0.6 is 0 Å². The molecule has 2 heteroatoms. The molecule has 1 aliphatic carbocycles. The molecule has 2 rings (SSSR count). The quantitative estimate of drug-likeness (QED) is 0.551. The smallest absolute Gasteiger partial charge is 0.231 e. The molecule has 2 aliphatic rings. The zero-order valence-corrected chi connectivity index (χ0v) is 7.54. The Morgan fingerprint density at radius 3 is 2.75 bits per heavy atom. The van der Waals surface area contributed by atoms with Crippen LogP contribution in [0.3, 0.4) is 0 Å². The zero-order chi connectivity index (χ0) is 8.81. The molecule has 2 nitrogen and oxygen atoms in total. The van der Waals surface area contributed by atoms with Gasteiger partial charge in [0, 0.05) is 0 Å². The second kappa shape index (κ2) is 4.65. The maximum atomic E-state index is 5.17. The molecule has 0 atom stereocenters. The van der Waals surface area contributed by atoms with Gasteiger partial charge in [-0.05, 0) is 18.6 Å². The summed E-state index contributed by atoms with van der Waals surface area (Å²) in [6.45, 7) is 4.37. The summed E-state index contributed by atoms with van der Waals surface area (Å²) < 4.78 is 10.3. The van der Waals surface area contributed by atoms with Gasteiger partial charge in [0.1, 0.15) is 0 Å². The molecule has 0 bridgehead atoms. The minimum atomic E-state index is 0.367. The summed E-state index contributed by atoms with van der Waals surface area (Å²) in [6, 6.07) is 0. The average molecular weight is 166 g/mol. The number of ether oxygens (including phenoxy) is 2. The molecule has 1 heterocycles. The van der Waals surface area contributed by atoms with Crippen LogP contribution in [0.25, 0.3) is 0 Å². The van der Waals surface area contributed by atoms with E-state index in [1.165, 1.54) is 0 Å². The summed E-state index contributed by atoms with van der Waals surface area (Å²) in [5, 5.41) is 0. The van der Waals surface area contributed by atoms with E-state index in [1.807, 2.05) is 32.1 Å². The van der Waals surface area contributed by atoms with E-state index in [4.69, 9.17) is 9.47 Å². The Kier molecular flexibility index (Phi) is 3.45. The number of rotatable bonds is 0. The van der Waals surface area contributed by atoms with Gasteiger partial charge >= 0.3 is 0 Å². The van der Waals surface area contributed by atoms with E-state index in [1.54, 1.807) is 0 Å². The van der Waals surface area contributed by atoms with Crippen LogP contribution in [0.2, 0.25) is 0 Å². The minimum Gasteiger partial charge on any atom is -0.454 e. The fourth-order valence-electron chi connectivity index (χ4n) is 0.998. The number of fused-ring (bicyclic) bond motifs is 1. The fraction of sp³-hybridized carbons (Fsp3) is 0.400. The minimum absolute atomic E-state index is 0.367. The summed E-state index contributed by atoms with van der Waals surface area (Å²) in [6.07, 6.45) is 8.91. The molecule has 0 aromatic heterocycles. The lowest BCUT2D eigenvalue weighted by Gasteiger charge is -1.90. The van der Waals surface area contributed by atoms with Crippen molar-refractivity contribution in [2.24, 2.45) is 0 Å². The van der Waals surface area contributed by atoms with E-state index in [-0.39, 0.29) is 0 Å². The van der Waals surface area contributed by atoms with Crippen molar-refractivity contribution in [3.05, 3.63) is 35.8 Å². The van der Waals surface area contributed by atoms with E-state index < -0.39 is 0 Å². The molecule has 12 heavy (non-hydrogen) atoms. The van der Waals surface area contributed by atoms with Crippen molar-refractivity contribution < 1.29 is 9.47 Å². The molecule has 66 valence electrons. The predicted octanol–water partition coefficient (Wildman–Crippen LogP) is 2.74. The van der Waals surface area contributed by atoms with Crippen molar-refractivity contribution >= 4 is 0 Å². The maximum absolute atomic E-state index is 5.17. The largest absolute Gasteiger partial charge is 0.454 e. The number of hydrogen-bond donors (Lipinski definition) is 0. The van der Waals surface area contributed by atoms with Gasteiger partial charge in [-0.2, -0.15) is 0 Å². The Morgan fingerprint density at radius 2 is 1.92 bits per heavy atom. The van der Waals surface area contributed by atoms with E-state index in [0.717, 1.165) is 17.9 Å². The van der Waals surface area contributed by atoms with Crippen molar-refractivity contribution in [2.45, 2.75) is 20.3 Å². The van der Waals surface area contributed by atoms with Crippen LogP contribution in [0.5, 0.6) is 0 Å². The first-order valence-electron chi connectivity index (χ1n) is 4.30. The lowest BCUT2D eigenvalue weighted by atomic mass is 10.3. The Labute approximate surface area is 73.2 Å². The van der Waals surface area contributed by atoms with Crippen LogP contribution in [0.1, 0.15) is 20.3 Å². The molecule has 0 unspecified atom stereocenters. The first-order chi connectivity index (χ1) is 5.97. The van der Waals surface area contributed by atoms with E-state index >= 15 is 0 Å². The molecular formula is C10H14O2. The molecule has 0 spiro atoms. The molecule has 0 N–H and O–H groups in total. The average Bonchev–Trinajstić information content (AvgIpc) is 2.46. The highest BCUT2D eigenvalue weighted by Crippen LogP contribution is 2.22. The van der Waals surface area contributed by atoms with Gasteiger partial charge in [0.25, 0.3) is 0 Å². The van der Waals surface area contributed by atoms with Gasteiger partial charge in [-0.15, -0.1) is 0 Å². The highest BCUT2D eigenvalue weighted by molar-refractivity contribution is 5.29. The second-order valence-corrected chi connectivity index (χ2v) is 2.17. The number of hydrogen-bond acceptors (Lipinski definition) is 2. The van der Waals surface area contributed by atoms with Gasteiger partial charge in [0.05, 0.1) is 0 Å². The van der Waals surface area contributed by atoms with Crippen molar-refractivity contribution in [3.63, 3.8) is 0 Å². The molecule has 0 radical (unpaired) electrons. The van der Waals surface area contributed by atoms with E-state index in [0.29, 0.717) is 6.79 Å². The molecule has 0 aromatic rings. The molecule has 0 saturated carbocycles. The van der Waals surface area contributed by atoms with Gasteiger partial charge in [-0.25, -0.2) is 0 Å². The molecule has 0 amide bonds. The summed E-state index contributed by atoms with van der Waals surface area (Å²) >= 11 is 0. The van der Waals surface area contributed by atoms with Crippen molar-refractivity contribution in [2.75, 3.05) is 6.79 Å². The Bertz CT molecular complexity index is 224. The summed E-state index contributed by atoms with van der Waals surface area (Å²) in [7, 11) is 0. The highest BCUT2D eigenvalue weighted by Gasteiger charge is 2.15. The van der Waals surface area contributed by atoms with Gasteiger partial charge in [-0.1, -0.05) is 26.0 Å². The van der Waals surface area contributed by atoms with E-state index in [2.05, 4.69) is 6.08 Å². The van der Waals surface area contributed by atoms with Crippen molar-refractivity contribution in [3.8, 4) is 0 Å². The highest BCUT2D eigenvalue weighted by atomic mass is 16.7. The number of allylic oxidation sites excluding steroid dienone is 4. The molecule has 0 aromatic carbocycles. The fourth-order valence-corrected chi connectivity index (χ4v) is 0.998. The van der Waals surface area contributed by atoms with Crippen LogP contribution in [0, 0.1) is 0 Å². The Hall–Kier alpha value is -1.18. The maximum Gasteiger partial charge on any atom is 0.231 e. The van der Waals surface area contributed by atoms with Gasteiger partial charge in [0.2, 0.25) is 6.79 Å². The monoisotopic (exact) mass is 166 g/mol. The zero-order valence-electron chi connectivity index (χ0n) is 7.54. The van der Waals surface area contributed by atoms with E-state index in [9.17, 15) is 0 Å². The van der Waals surface area contributed by atoms with Crippen LogP contribution in [0.4, 0.5) is 0 Å². The Morgan fingerprint density at radius 1 is 1.17 bits per heavy atom. The third kappa shape index (κ3) is 1.91. The molecule has 1 aliphatic heterocycles. The lowest BCUT2D eigenvalue weighted by molar-refractivity contribution is 0.0974. The van der Waals surface area contributed by atoms with Gasteiger partial charge in [-0.3, -0.25) is 0 Å². The van der Waals surface area contributed by atoms with Crippen LogP contribution < -0.4 is 0 Å². The lowest BCUT2D eigenvalue weighted by Crippen LogP contribution is -1.78. The molecule has 1 fully saturated rings. The first kappa shape index (κ1) is 8.91. The third-order valence-electron chi connectivity index (χ3n) is 1.49. The summed E-state index contributed by atoms with van der Waals surface area (Å²) in [5.74, 6) is 1.73. The normalized spacial score (nSPS) is 18.5. The molecular weight excluding hydrogens is 152 g/mol. The van der Waals surface area contributed by atoms with Gasteiger partial charge in [0.15, 0.2) is 11.5 Å². The summed E-state index contributed by atoms with van der Waals surface area (Å²) in [5.41, 5.74) is 0. The van der Waals surface area contributed by atoms with Crippen molar-refractivity contribution in [1.82, 2.24) is 0 Å². The summed E-state index contributed by atoms with van der Waals surface area (Å²) in [4.78, 5) is 0. The van der Waals surface area contributed by atoms with Crippen molar-refractivity contribution in [1.29, 1.82) is 0 Å². The predicted molar refractivity (Wildman–Crippen MR) is 48.3 cm³/mol. The topological polar surface area (TPSA) is 18.5 Å². The standard InChI is InChI=1S/C8H8O2.C2H6/c1-2-4-7-8(5-3-1)10-6-9-7;1-2/h1-2,4-5H,3,6H2;1-2H3. The molecule has 1 saturated heterocycles. The third-order valence-corrected chi connectivity index (χ3v) is 1.49. The second-order valence-electron chi connectivity index (χ2n) is 2.17. The first-order valence-corrected chi connectivity index (χ1v) is 4.30. The Balaban J connectivity index is 0.000000336.